The van der Waals surface area contributed by atoms with Crippen LogP contribution < -0.4 is 5.73 Å². The van der Waals surface area contributed by atoms with Crippen LogP contribution in [0.2, 0.25) is 0 Å². The van der Waals surface area contributed by atoms with Crippen LogP contribution in [-0.2, 0) is 0 Å². The Morgan fingerprint density at radius 2 is 1.90 bits per heavy atom. The lowest BCUT2D eigenvalue weighted by atomic mass is 9.89. The topological polar surface area (TPSA) is 26.0 Å². The Morgan fingerprint density at radius 1 is 1.30 bits per heavy atom. The van der Waals surface area contributed by atoms with Crippen LogP contribution >= 0.6 is 0 Å². The Bertz CT molecular complexity index is 117. The molecule has 1 saturated carbocycles. The molecule has 0 aliphatic heterocycles. The van der Waals surface area contributed by atoms with Gasteiger partial charge in [0.15, 0.2) is 0 Å². The average molecular weight is 139 g/mol. The molecule has 1 fully saturated rings. The molecule has 0 spiro atoms. The molecule has 0 aromatic heterocycles. The van der Waals surface area contributed by atoms with Gasteiger partial charge in [0.2, 0.25) is 0 Å². The van der Waals surface area contributed by atoms with Gasteiger partial charge in [-0.15, -0.1) is 0 Å². The van der Waals surface area contributed by atoms with E-state index in [1.807, 2.05) is 6.92 Å². The Morgan fingerprint density at radius 3 is 2.40 bits per heavy atom. The minimum absolute atomic E-state index is 0.791. The third-order valence-electron chi connectivity index (χ3n) is 2.15. The molecule has 10 heavy (non-hydrogen) atoms. The molecule has 0 saturated heterocycles. The van der Waals surface area contributed by atoms with Gasteiger partial charge in [0.1, 0.15) is 0 Å². The summed E-state index contributed by atoms with van der Waals surface area (Å²) in [5.41, 5.74) is 6.58. The summed E-state index contributed by atoms with van der Waals surface area (Å²) in [5, 5.41) is 0. The van der Waals surface area contributed by atoms with E-state index in [2.05, 4.69) is 6.08 Å². The Kier molecular flexibility index (Phi) is 2.79. The highest BCUT2D eigenvalue weighted by molar-refractivity contribution is 4.96. The molecule has 0 unspecified atom stereocenters. The highest BCUT2D eigenvalue weighted by atomic mass is 14.5. The van der Waals surface area contributed by atoms with Crippen LogP contribution in [0.5, 0.6) is 0 Å². The van der Waals surface area contributed by atoms with E-state index in [0.29, 0.717) is 0 Å². The van der Waals surface area contributed by atoms with E-state index >= 15 is 0 Å². The van der Waals surface area contributed by atoms with Crippen LogP contribution in [-0.4, -0.2) is 0 Å². The smallest absolute Gasteiger partial charge is 0.00111 e. The highest BCUT2D eigenvalue weighted by Crippen LogP contribution is 2.24. The van der Waals surface area contributed by atoms with Crippen molar-refractivity contribution < 1.29 is 0 Å². The molecule has 0 amide bonds. The largest absolute Gasteiger partial charge is 0.403 e. The summed E-state index contributed by atoms with van der Waals surface area (Å²) in [5.74, 6) is 0.791. The van der Waals surface area contributed by atoms with E-state index in [1.54, 1.807) is 0 Å². The first-order chi connectivity index (χ1) is 4.79. The van der Waals surface area contributed by atoms with E-state index in [9.17, 15) is 0 Å². The second-order valence-corrected chi connectivity index (χ2v) is 3.31. The molecule has 1 heteroatoms. The number of rotatable bonds is 1. The lowest BCUT2D eigenvalue weighted by Gasteiger charge is -2.18. The van der Waals surface area contributed by atoms with Gasteiger partial charge < -0.3 is 5.73 Å². The van der Waals surface area contributed by atoms with Gasteiger partial charge in [-0.05, 0) is 25.7 Å². The molecular formula is C9H17N. The molecular weight excluding hydrogens is 122 g/mol. The highest BCUT2D eigenvalue weighted by Gasteiger charge is 2.09. The third-order valence-corrected chi connectivity index (χ3v) is 2.15. The van der Waals surface area contributed by atoms with Crippen LogP contribution in [0.25, 0.3) is 0 Å². The fraction of sp³-hybridized carbons (Fsp3) is 0.778. The molecule has 58 valence electrons. The lowest BCUT2D eigenvalue weighted by Crippen LogP contribution is -2.05. The maximum Gasteiger partial charge on any atom is 0.00111 e. The summed E-state index contributed by atoms with van der Waals surface area (Å²) in [4.78, 5) is 0. The zero-order valence-electron chi connectivity index (χ0n) is 6.77. The predicted molar refractivity (Wildman–Crippen MR) is 44.5 cm³/mol. The van der Waals surface area contributed by atoms with Crippen LogP contribution in [0.3, 0.4) is 0 Å². The SMILES string of the molecule is C/C(N)=C/C1CCCCC1. The first-order valence-electron chi connectivity index (χ1n) is 4.23. The van der Waals surface area contributed by atoms with Crippen LogP contribution in [0.4, 0.5) is 0 Å². The maximum atomic E-state index is 5.58. The summed E-state index contributed by atoms with van der Waals surface area (Å²) in [6.07, 6.45) is 9.15. The minimum atomic E-state index is 0.791. The van der Waals surface area contributed by atoms with E-state index in [1.165, 1.54) is 32.1 Å². The standard InChI is InChI=1S/C9H17N/c1-8(10)7-9-5-3-2-4-6-9/h7,9H,2-6,10H2,1H3/b8-7-. The summed E-state index contributed by atoms with van der Waals surface area (Å²) >= 11 is 0. The van der Waals surface area contributed by atoms with E-state index < -0.39 is 0 Å². The quantitative estimate of drug-likeness (QED) is 0.593. The summed E-state index contributed by atoms with van der Waals surface area (Å²) in [7, 11) is 0. The van der Waals surface area contributed by atoms with Crippen molar-refractivity contribution >= 4 is 0 Å². The van der Waals surface area contributed by atoms with Gasteiger partial charge in [0, 0.05) is 5.70 Å². The average Bonchev–Trinajstić information content (AvgIpc) is 1.88. The van der Waals surface area contributed by atoms with Crippen LogP contribution in [0.1, 0.15) is 39.0 Å². The number of hydrogen-bond acceptors (Lipinski definition) is 1. The zero-order chi connectivity index (χ0) is 7.40. The van der Waals surface area contributed by atoms with Crippen molar-refractivity contribution in [1.82, 2.24) is 0 Å². The molecule has 0 bridgehead atoms. The van der Waals surface area contributed by atoms with Crippen molar-refractivity contribution in [3.8, 4) is 0 Å². The van der Waals surface area contributed by atoms with Crippen LogP contribution in [0.15, 0.2) is 11.8 Å². The number of nitrogens with two attached hydrogens (primary N) is 1. The van der Waals surface area contributed by atoms with Crippen molar-refractivity contribution in [2.75, 3.05) is 0 Å². The molecule has 0 aromatic rings. The molecule has 1 nitrogen and oxygen atoms in total. The van der Waals surface area contributed by atoms with Gasteiger partial charge in [-0.3, -0.25) is 0 Å². The molecule has 0 atom stereocenters. The molecule has 0 heterocycles. The normalized spacial score (nSPS) is 23.1. The van der Waals surface area contributed by atoms with Crippen molar-refractivity contribution in [1.29, 1.82) is 0 Å². The number of hydrogen-bond donors (Lipinski definition) is 1. The second kappa shape index (κ2) is 3.65. The third kappa shape index (κ3) is 2.42. The van der Waals surface area contributed by atoms with Crippen molar-refractivity contribution in [3.05, 3.63) is 11.8 Å². The van der Waals surface area contributed by atoms with Gasteiger partial charge in [-0.25, -0.2) is 0 Å². The molecule has 1 rings (SSSR count). The molecule has 0 radical (unpaired) electrons. The van der Waals surface area contributed by atoms with Gasteiger partial charge in [-0.2, -0.15) is 0 Å². The van der Waals surface area contributed by atoms with Crippen LogP contribution in [0, 0.1) is 5.92 Å². The fourth-order valence-electron chi connectivity index (χ4n) is 1.67. The molecule has 1 aliphatic rings. The van der Waals surface area contributed by atoms with Crippen molar-refractivity contribution in [2.45, 2.75) is 39.0 Å². The first kappa shape index (κ1) is 7.64. The number of allylic oxidation sites excluding steroid dienone is 2. The summed E-state index contributed by atoms with van der Waals surface area (Å²) in [6, 6.07) is 0. The van der Waals surface area contributed by atoms with Crippen molar-refractivity contribution in [3.63, 3.8) is 0 Å². The maximum absolute atomic E-state index is 5.58. The van der Waals surface area contributed by atoms with Crippen molar-refractivity contribution in [2.24, 2.45) is 11.7 Å². The van der Waals surface area contributed by atoms with Gasteiger partial charge >= 0.3 is 0 Å². The van der Waals surface area contributed by atoms with Gasteiger partial charge in [0.25, 0.3) is 0 Å². The summed E-state index contributed by atoms with van der Waals surface area (Å²) in [6.45, 7) is 1.98. The monoisotopic (exact) mass is 139 g/mol. The van der Waals surface area contributed by atoms with E-state index in [0.717, 1.165) is 11.6 Å². The van der Waals surface area contributed by atoms with Gasteiger partial charge in [0.05, 0.1) is 0 Å². The van der Waals surface area contributed by atoms with E-state index in [-0.39, 0.29) is 0 Å². The molecule has 2 N–H and O–H groups in total. The Labute approximate surface area is 63.3 Å². The van der Waals surface area contributed by atoms with E-state index in [4.69, 9.17) is 5.73 Å². The second-order valence-electron chi connectivity index (χ2n) is 3.31. The Balaban J connectivity index is 2.33. The summed E-state index contributed by atoms with van der Waals surface area (Å²) < 4.78 is 0. The molecule has 1 aliphatic carbocycles. The predicted octanol–water partition coefficient (Wildman–Crippen LogP) is 2.43. The Hall–Kier alpha value is -0.460. The van der Waals surface area contributed by atoms with Gasteiger partial charge in [-0.1, -0.05) is 25.3 Å². The fourth-order valence-corrected chi connectivity index (χ4v) is 1.67. The zero-order valence-corrected chi connectivity index (χ0v) is 6.77. The first-order valence-corrected chi connectivity index (χ1v) is 4.23. The molecule has 0 aromatic carbocycles. The lowest BCUT2D eigenvalue weighted by molar-refractivity contribution is 0.418. The minimum Gasteiger partial charge on any atom is -0.403 e.